The Kier molecular flexibility index (Phi) is 15.1. The van der Waals surface area contributed by atoms with Gasteiger partial charge in [0, 0.05) is 27.7 Å². The minimum atomic E-state index is -0.882. The minimum Gasteiger partial charge on any atom is -0.462 e. The Hall–Kier alpha value is -3.20. The molecule has 0 aliphatic rings. The maximum atomic E-state index is 11.2. The molecule has 9 nitrogen and oxygen atoms in total. The van der Waals surface area contributed by atoms with Gasteiger partial charge in [-0.1, -0.05) is 40.2 Å². The van der Waals surface area contributed by atoms with Crippen LogP contribution >= 0.6 is 0 Å². The molecule has 0 amide bonds. The van der Waals surface area contributed by atoms with Crippen LogP contribution in [0.3, 0.4) is 0 Å². The van der Waals surface area contributed by atoms with E-state index in [1.165, 1.54) is 13.8 Å². The molecule has 0 aliphatic carbocycles. The summed E-state index contributed by atoms with van der Waals surface area (Å²) in [5.74, 6) is -2.11. The molecule has 186 valence electrons. The van der Waals surface area contributed by atoms with Crippen molar-refractivity contribution in [2.75, 3.05) is 26.4 Å². The Balaban J connectivity index is 0. The fraction of sp³-hybridized carbons (Fsp3) is 0.500. The van der Waals surface area contributed by atoms with Crippen LogP contribution in [0, 0.1) is 5.41 Å². The van der Waals surface area contributed by atoms with Gasteiger partial charge in [-0.3, -0.25) is 0 Å². The predicted molar refractivity (Wildman–Crippen MR) is 123 cm³/mol. The molecule has 0 rings (SSSR count). The summed E-state index contributed by atoms with van der Waals surface area (Å²) in [5.41, 5.74) is 0.711. The first-order valence-electron chi connectivity index (χ1n) is 9.99. The summed E-state index contributed by atoms with van der Waals surface area (Å²) in [6, 6.07) is 0. The molecular weight excluding hydrogens is 432 g/mol. The first-order valence-corrected chi connectivity index (χ1v) is 9.99. The summed E-state index contributed by atoms with van der Waals surface area (Å²) >= 11 is 0. The highest BCUT2D eigenvalue weighted by atomic mass is 16.6. The summed E-state index contributed by atoms with van der Waals surface area (Å²) in [7, 11) is 0. The number of carbonyl (C=O) groups excluding carboxylic acids is 4. The number of carbonyl (C=O) groups is 4. The van der Waals surface area contributed by atoms with Gasteiger partial charge in [0.05, 0.1) is 19.8 Å². The first-order chi connectivity index (χ1) is 15.0. The van der Waals surface area contributed by atoms with E-state index in [2.05, 4.69) is 26.3 Å². The molecule has 33 heavy (non-hydrogen) atoms. The molecule has 0 spiro atoms. The summed E-state index contributed by atoms with van der Waals surface area (Å²) in [6.07, 6.45) is -0.882. The zero-order valence-electron chi connectivity index (χ0n) is 20.4. The van der Waals surface area contributed by atoms with Crippen LogP contribution in [0.4, 0.5) is 0 Å². The molecule has 0 aromatic carbocycles. The van der Waals surface area contributed by atoms with Gasteiger partial charge in [-0.25, -0.2) is 19.2 Å². The topological polar surface area (TPSA) is 125 Å². The molecule has 0 radical (unpaired) electrons. The molecule has 0 bridgehead atoms. The van der Waals surface area contributed by atoms with Gasteiger partial charge in [-0.05, 0) is 27.7 Å². The summed E-state index contributed by atoms with van der Waals surface area (Å²) < 4.78 is 19.5. The molecule has 0 aliphatic heterocycles. The predicted octanol–water partition coefficient (Wildman–Crippen LogP) is 2.84. The van der Waals surface area contributed by atoms with Crippen LogP contribution in [0.15, 0.2) is 48.6 Å². The third kappa shape index (κ3) is 16.1. The molecular formula is C24H36O9. The quantitative estimate of drug-likeness (QED) is 0.261. The number of aliphatic hydroxyl groups is 1. The normalized spacial score (nSPS) is 11.0. The van der Waals surface area contributed by atoms with E-state index >= 15 is 0 Å². The number of ether oxygens (including phenoxy) is 4. The van der Waals surface area contributed by atoms with Crippen LogP contribution in [0.5, 0.6) is 0 Å². The van der Waals surface area contributed by atoms with Crippen molar-refractivity contribution in [3.8, 4) is 0 Å². The Morgan fingerprint density at radius 1 is 0.697 bits per heavy atom. The number of hydrogen-bond donors (Lipinski definition) is 1. The maximum absolute atomic E-state index is 11.2. The second-order valence-electron chi connectivity index (χ2n) is 8.25. The highest BCUT2D eigenvalue weighted by molar-refractivity contribution is 5.88. The Labute approximate surface area is 195 Å². The molecule has 0 saturated carbocycles. The second-order valence-corrected chi connectivity index (χ2v) is 8.25. The highest BCUT2D eigenvalue weighted by Gasteiger charge is 2.23. The van der Waals surface area contributed by atoms with E-state index in [1.807, 2.05) is 13.8 Å². The van der Waals surface area contributed by atoms with Crippen molar-refractivity contribution in [2.24, 2.45) is 5.41 Å². The SMILES string of the molecule is C=C(C)C(=O)OCC(C)(C)COC(=O)C(=C)C.C=C(C)C(=O)OCC(CO)OC(=O)C(=C)C. The van der Waals surface area contributed by atoms with E-state index in [9.17, 15) is 19.2 Å². The Morgan fingerprint density at radius 3 is 1.33 bits per heavy atom. The first kappa shape index (κ1) is 32.0. The molecule has 0 fully saturated rings. The van der Waals surface area contributed by atoms with Crippen molar-refractivity contribution in [2.45, 2.75) is 47.6 Å². The van der Waals surface area contributed by atoms with Crippen molar-refractivity contribution >= 4 is 23.9 Å². The summed E-state index contributed by atoms with van der Waals surface area (Å²) in [5, 5.41) is 8.89. The Bertz CT molecular complexity index is 743. The van der Waals surface area contributed by atoms with Gasteiger partial charge in [0.15, 0.2) is 6.10 Å². The average Bonchev–Trinajstić information content (AvgIpc) is 2.72. The van der Waals surface area contributed by atoms with E-state index in [-0.39, 0.29) is 31.0 Å². The number of rotatable bonds is 12. The third-order valence-corrected chi connectivity index (χ3v) is 3.46. The molecule has 0 saturated heterocycles. The average molecular weight is 469 g/mol. The highest BCUT2D eigenvalue weighted by Crippen LogP contribution is 2.17. The van der Waals surface area contributed by atoms with E-state index in [0.29, 0.717) is 11.1 Å². The van der Waals surface area contributed by atoms with Crippen molar-refractivity contribution < 1.29 is 43.2 Å². The molecule has 1 N–H and O–H groups in total. The zero-order valence-corrected chi connectivity index (χ0v) is 20.4. The molecule has 0 aromatic rings. The van der Waals surface area contributed by atoms with Crippen LogP contribution in [0.25, 0.3) is 0 Å². The largest absolute Gasteiger partial charge is 0.462 e. The molecule has 0 heterocycles. The lowest BCUT2D eigenvalue weighted by atomic mass is 9.96. The van der Waals surface area contributed by atoms with Gasteiger partial charge in [-0.2, -0.15) is 0 Å². The third-order valence-electron chi connectivity index (χ3n) is 3.46. The second kappa shape index (κ2) is 15.6. The lowest BCUT2D eigenvalue weighted by Crippen LogP contribution is -2.28. The lowest BCUT2D eigenvalue weighted by Gasteiger charge is -2.23. The number of esters is 4. The van der Waals surface area contributed by atoms with Crippen molar-refractivity contribution in [1.29, 1.82) is 0 Å². The van der Waals surface area contributed by atoms with Crippen molar-refractivity contribution in [3.05, 3.63) is 48.6 Å². The van der Waals surface area contributed by atoms with Crippen LogP contribution in [-0.4, -0.2) is 61.5 Å². The van der Waals surface area contributed by atoms with Gasteiger partial charge in [0.1, 0.15) is 6.61 Å². The number of hydrogen-bond acceptors (Lipinski definition) is 9. The summed E-state index contributed by atoms with van der Waals surface area (Å²) in [6.45, 7) is 23.3. The van der Waals surface area contributed by atoms with Crippen LogP contribution in [-0.2, 0) is 38.1 Å². The summed E-state index contributed by atoms with van der Waals surface area (Å²) in [4.78, 5) is 44.5. The van der Waals surface area contributed by atoms with Crippen molar-refractivity contribution in [1.82, 2.24) is 0 Å². The van der Waals surface area contributed by atoms with E-state index in [4.69, 9.17) is 24.1 Å². The fourth-order valence-electron chi connectivity index (χ4n) is 1.48. The molecule has 0 aromatic heterocycles. The fourth-order valence-corrected chi connectivity index (χ4v) is 1.48. The lowest BCUT2D eigenvalue weighted by molar-refractivity contribution is -0.156. The zero-order chi connectivity index (χ0) is 26.4. The smallest absolute Gasteiger partial charge is 0.333 e. The standard InChI is InChI=1S/C13H20O4.C11H16O5/c1-9(2)11(14)16-7-13(5,6)8-17-12(15)10(3)4;1-7(2)10(13)15-6-9(5-12)16-11(14)8(3)4/h1,3,7-8H2,2,4-6H3;9,12H,1,3,5-6H2,2,4H3. The maximum Gasteiger partial charge on any atom is 0.333 e. The van der Waals surface area contributed by atoms with E-state index in [1.54, 1.807) is 13.8 Å². The van der Waals surface area contributed by atoms with Crippen LogP contribution in [0.2, 0.25) is 0 Å². The van der Waals surface area contributed by atoms with Gasteiger partial charge in [-0.15, -0.1) is 0 Å². The minimum absolute atomic E-state index is 0.169. The monoisotopic (exact) mass is 468 g/mol. The Morgan fingerprint density at radius 2 is 1.03 bits per heavy atom. The van der Waals surface area contributed by atoms with Gasteiger partial charge in [0.25, 0.3) is 0 Å². The van der Waals surface area contributed by atoms with E-state index in [0.717, 1.165) is 0 Å². The van der Waals surface area contributed by atoms with Crippen LogP contribution < -0.4 is 0 Å². The molecule has 9 heteroatoms. The number of aliphatic hydroxyl groups excluding tert-OH is 1. The van der Waals surface area contributed by atoms with Crippen LogP contribution in [0.1, 0.15) is 41.5 Å². The molecule has 1 unspecified atom stereocenters. The van der Waals surface area contributed by atoms with Gasteiger partial charge >= 0.3 is 23.9 Å². The molecule has 1 atom stereocenters. The van der Waals surface area contributed by atoms with Crippen molar-refractivity contribution in [3.63, 3.8) is 0 Å². The van der Waals surface area contributed by atoms with E-state index < -0.39 is 42.0 Å². The van der Waals surface area contributed by atoms with Gasteiger partial charge < -0.3 is 24.1 Å². The van der Waals surface area contributed by atoms with Gasteiger partial charge in [0.2, 0.25) is 0 Å².